The van der Waals surface area contributed by atoms with Crippen molar-refractivity contribution in [2.45, 2.75) is 0 Å². The Morgan fingerprint density at radius 1 is 1.33 bits per heavy atom. The smallest absolute Gasteiger partial charge is 0.275 e. The van der Waals surface area contributed by atoms with Gasteiger partial charge in [-0.1, -0.05) is 0 Å². The van der Waals surface area contributed by atoms with Crippen LogP contribution in [0.2, 0.25) is 0 Å². The zero-order valence-corrected chi connectivity index (χ0v) is 11.2. The normalized spacial score (nSPS) is 10.1. The number of nitrogens with two attached hydrogens (primary N) is 1. The average molecular weight is 358 g/mol. The number of nitrogens with one attached hydrogen (secondary N) is 1. The number of rotatable bonds is 2. The topological polar surface area (TPSA) is 80.9 Å². The van der Waals surface area contributed by atoms with Gasteiger partial charge in [0, 0.05) is 3.57 Å². The van der Waals surface area contributed by atoms with E-state index in [4.69, 9.17) is 5.73 Å². The van der Waals surface area contributed by atoms with E-state index in [0.717, 1.165) is 0 Å². The quantitative estimate of drug-likeness (QED) is 0.806. The number of benzene rings is 1. The number of nitrogen functional groups attached to an aromatic ring is 1. The summed E-state index contributed by atoms with van der Waals surface area (Å²) >= 11 is 1.93. The van der Waals surface area contributed by atoms with Crippen LogP contribution >= 0.6 is 22.6 Å². The largest absolute Gasteiger partial charge is 0.382 e. The first-order chi connectivity index (χ1) is 8.56. The molecule has 7 heteroatoms. The molecule has 2 aromatic rings. The van der Waals surface area contributed by atoms with Gasteiger partial charge < -0.3 is 11.1 Å². The highest BCUT2D eigenvalue weighted by atomic mass is 127. The molecule has 1 heterocycles. The van der Waals surface area contributed by atoms with Gasteiger partial charge in [0.2, 0.25) is 0 Å². The number of halogens is 2. The van der Waals surface area contributed by atoms with Crippen LogP contribution in [0.3, 0.4) is 0 Å². The fraction of sp³-hybridized carbons (Fsp3) is 0. The Hall–Kier alpha value is -1.77. The van der Waals surface area contributed by atoms with Crippen LogP contribution < -0.4 is 11.1 Å². The van der Waals surface area contributed by atoms with Gasteiger partial charge in [-0.25, -0.2) is 14.4 Å². The number of nitrogens with zero attached hydrogens (tertiary/aromatic N) is 2. The lowest BCUT2D eigenvalue weighted by atomic mass is 10.3. The van der Waals surface area contributed by atoms with Crippen molar-refractivity contribution in [3.05, 3.63) is 45.7 Å². The van der Waals surface area contributed by atoms with Crippen LogP contribution in [-0.4, -0.2) is 15.9 Å². The molecule has 3 N–H and O–H groups in total. The zero-order chi connectivity index (χ0) is 13.1. The first-order valence-corrected chi connectivity index (χ1v) is 5.98. The van der Waals surface area contributed by atoms with Crippen LogP contribution in [-0.2, 0) is 0 Å². The van der Waals surface area contributed by atoms with Gasteiger partial charge in [0.25, 0.3) is 5.91 Å². The van der Waals surface area contributed by atoms with Crippen LogP contribution in [0.15, 0.2) is 30.6 Å². The summed E-state index contributed by atoms with van der Waals surface area (Å²) in [7, 11) is 0. The van der Waals surface area contributed by atoms with Gasteiger partial charge in [0.15, 0.2) is 0 Å². The van der Waals surface area contributed by atoms with Crippen molar-refractivity contribution in [3.8, 4) is 0 Å². The molecular weight excluding hydrogens is 350 g/mol. The van der Waals surface area contributed by atoms with Gasteiger partial charge in [0.1, 0.15) is 17.3 Å². The summed E-state index contributed by atoms with van der Waals surface area (Å²) in [4.78, 5) is 19.4. The molecule has 0 aliphatic rings. The molecule has 2 rings (SSSR count). The average Bonchev–Trinajstić information content (AvgIpc) is 2.33. The highest BCUT2D eigenvalue weighted by Crippen LogP contribution is 2.19. The Kier molecular flexibility index (Phi) is 3.70. The predicted octanol–water partition coefficient (Wildman–Crippen LogP) is 2.05. The molecule has 0 spiro atoms. The van der Waals surface area contributed by atoms with Crippen LogP contribution in [0.1, 0.15) is 10.5 Å². The molecule has 0 radical (unpaired) electrons. The molecule has 0 saturated carbocycles. The van der Waals surface area contributed by atoms with Crippen molar-refractivity contribution in [1.29, 1.82) is 0 Å². The first-order valence-electron chi connectivity index (χ1n) is 4.90. The van der Waals surface area contributed by atoms with E-state index in [-0.39, 0.29) is 17.3 Å². The van der Waals surface area contributed by atoms with Gasteiger partial charge in [0.05, 0.1) is 18.1 Å². The summed E-state index contributed by atoms with van der Waals surface area (Å²) in [6, 6.07) is 4.08. The van der Waals surface area contributed by atoms with E-state index >= 15 is 0 Å². The van der Waals surface area contributed by atoms with Crippen molar-refractivity contribution in [2.75, 3.05) is 11.1 Å². The molecule has 0 bridgehead atoms. The van der Waals surface area contributed by atoms with Crippen molar-refractivity contribution in [1.82, 2.24) is 9.97 Å². The minimum atomic E-state index is -0.424. The second kappa shape index (κ2) is 5.25. The monoisotopic (exact) mass is 358 g/mol. The van der Waals surface area contributed by atoms with Crippen molar-refractivity contribution in [2.24, 2.45) is 0 Å². The Balaban J connectivity index is 2.18. The molecule has 1 aromatic heterocycles. The zero-order valence-electron chi connectivity index (χ0n) is 9.02. The van der Waals surface area contributed by atoms with E-state index in [2.05, 4.69) is 15.3 Å². The van der Waals surface area contributed by atoms with E-state index in [1.54, 1.807) is 0 Å². The number of hydrogen-bond acceptors (Lipinski definition) is 4. The predicted molar refractivity (Wildman–Crippen MR) is 73.5 cm³/mol. The molecule has 1 aromatic carbocycles. The fourth-order valence-corrected chi connectivity index (χ4v) is 1.84. The third-order valence-corrected chi connectivity index (χ3v) is 2.98. The van der Waals surface area contributed by atoms with Gasteiger partial charge in [-0.3, -0.25) is 4.79 Å². The van der Waals surface area contributed by atoms with Gasteiger partial charge >= 0.3 is 0 Å². The number of aromatic nitrogens is 2. The van der Waals surface area contributed by atoms with Crippen molar-refractivity contribution in [3.63, 3.8) is 0 Å². The highest BCUT2D eigenvalue weighted by molar-refractivity contribution is 14.1. The van der Waals surface area contributed by atoms with Crippen LogP contribution in [0.25, 0.3) is 0 Å². The van der Waals surface area contributed by atoms with Crippen LogP contribution in [0, 0.1) is 9.39 Å². The minimum absolute atomic E-state index is 0.143. The van der Waals surface area contributed by atoms with Gasteiger partial charge in [-0.2, -0.15) is 0 Å². The second-order valence-corrected chi connectivity index (χ2v) is 4.57. The number of amides is 1. The van der Waals surface area contributed by atoms with Crippen LogP contribution in [0.4, 0.5) is 15.9 Å². The number of carbonyl (C=O) groups excluding carboxylic acids is 1. The molecule has 5 nitrogen and oxygen atoms in total. The number of hydrogen-bond donors (Lipinski definition) is 2. The van der Waals surface area contributed by atoms with E-state index in [1.165, 1.54) is 30.6 Å². The molecule has 0 unspecified atom stereocenters. The van der Waals surface area contributed by atoms with Gasteiger partial charge in [-0.15, -0.1) is 0 Å². The third-order valence-electron chi connectivity index (χ3n) is 2.08. The Bertz CT molecular complexity index is 588. The van der Waals surface area contributed by atoms with Crippen LogP contribution in [0.5, 0.6) is 0 Å². The lowest BCUT2D eigenvalue weighted by molar-refractivity contribution is 0.102. The summed E-state index contributed by atoms with van der Waals surface area (Å²) in [6.45, 7) is 0. The van der Waals surface area contributed by atoms with Crippen molar-refractivity contribution >= 4 is 40.0 Å². The standard InChI is InChI=1S/C11H8FIN4O/c12-6-1-2-8(7(13)3-6)17-11(18)9-4-16-10(14)5-15-9/h1-5H,(H2,14,16)(H,17,18). The minimum Gasteiger partial charge on any atom is -0.382 e. The number of carbonyl (C=O) groups is 1. The first kappa shape index (κ1) is 12.7. The molecule has 18 heavy (non-hydrogen) atoms. The summed E-state index contributed by atoms with van der Waals surface area (Å²) in [5.41, 5.74) is 6.03. The Morgan fingerprint density at radius 2 is 2.11 bits per heavy atom. The fourth-order valence-electron chi connectivity index (χ4n) is 1.23. The Morgan fingerprint density at radius 3 is 2.72 bits per heavy atom. The maximum absolute atomic E-state index is 12.9. The Labute approximate surface area is 116 Å². The summed E-state index contributed by atoms with van der Waals surface area (Å²) in [5.74, 6) is -0.542. The van der Waals surface area contributed by atoms with E-state index in [0.29, 0.717) is 9.26 Å². The van der Waals surface area contributed by atoms with Gasteiger partial charge in [-0.05, 0) is 40.8 Å². The third kappa shape index (κ3) is 2.92. The maximum atomic E-state index is 12.9. The molecule has 1 amide bonds. The summed E-state index contributed by atoms with van der Waals surface area (Å²) in [5, 5.41) is 2.62. The summed E-state index contributed by atoms with van der Waals surface area (Å²) < 4.78 is 13.5. The SMILES string of the molecule is Nc1cnc(C(=O)Nc2ccc(F)cc2I)cn1. The lowest BCUT2D eigenvalue weighted by Gasteiger charge is -2.06. The van der Waals surface area contributed by atoms with E-state index in [9.17, 15) is 9.18 Å². The lowest BCUT2D eigenvalue weighted by Crippen LogP contribution is -2.15. The van der Waals surface area contributed by atoms with E-state index < -0.39 is 5.91 Å². The molecule has 0 saturated heterocycles. The van der Waals surface area contributed by atoms with E-state index in [1.807, 2.05) is 22.6 Å². The molecule has 92 valence electrons. The number of anilines is 2. The molecular formula is C11H8FIN4O. The second-order valence-electron chi connectivity index (χ2n) is 3.40. The van der Waals surface area contributed by atoms with Crippen molar-refractivity contribution < 1.29 is 9.18 Å². The highest BCUT2D eigenvalue weighted by Gasteiger charge is 2.10. The maximum Gasteiger partial charge on any atom is 0.275 e. The molecule has 0 aliphatic carbocycles. The molecule has 0 fully saturated rings. The molecule has 0 aliphatic heterocycles. The summed E-state index contributed by atoms with van der Waals surface area (Å²) in [6.07, 6.45) is 2.57. The molecule has 0 atom stereocenters.